The van der Waals surface area contributed by atoms with E-state index in [-0.39, 0.29) is 16.0 Å². The van der Waals surface area contributed by atoms with Gasteiger partial charge in [0.15, 0.2) is 0 Å². The van der Waals surface area contributed by atoms with Crippen LogP contribution < -0.4 is 5.30 Å². The van der Waals surface area contributed by atoms with Gasteiger partial charge in [0.2, 0.25) is 0 Å². The molecule has 0 aliphatic heterocycles. The Morgan fingerprint density at radius 2 is 1.55 bits per heavy atom. The standard InChI is InChI=1S/C28H42NOP/c1-10-11-16-28(8,31-24-15-13-12-14-20(24)19-29-9)23-18-21(26(2,3)4)17-22(25(23)30)27(5,6)7/h12-15,17-19,30-31H,10-11,16H2,1-9H3/b29-19+. The number of hydrogen-bond acceptors (Lipinski definition) is 2. The Morgan fingerprint density at radius 1 is 0.935 bits per heavy atom. The van der Waals surface area contributed by atoms with Gasteiger partial charge in [0.25, 0.3) is 0 Å². The van der Waals surface area contributed by atoms with Gasteiger partial charge in [-0.05, 0) is 39.2 Å². The Kier molecular flexibility index (Phi) is 8.15. The first-order valence-corrected chi connectivity index (χ1v) is 12.5. The van der Waals surface area contributed by atoms with Gasteiger partial charge in [-0.1, -0.05) is 113 Å². The largest absolute Gasteiger partial charge is 0.507 e. The highest BCUT2D eigenvalue weighted by Gasteiger charge is 2.34. The Hall–Kier alpha value is -1.66. The topological polar surface area (TPSA) is 32.6 Å². The normalized spacial score (nSPS) is 15.1. The minimum Gasteiger partial charge on any atom is -0.507 e. The van der Waals surface area contributed by atoms with E-state index in [1.54, 1.807) is 0 Å². The molecule has 0 saturated carbocycles. The van der Waals surface area contributed by atoms with Gasteiger partial charge in [0, 0.05) is 24.0 Å². The van der Waals surface area contributed by atoms with E-state index in [1.807, 2.05) is 13.3 Å². The summed E-state index contributed by atoms with van der Waals surface area (Å²) in [4.78, 5) is 4.27. The summed E-state index contributed by atoms with van der Waals surface area (Å²) in [5, 5.41) is 12.7. The molecule has 1 N–H and O–H groups in total. The first-order valence-electron chi connectivity index (χ1n) is 11.5. The summed E-state index contributed by atoms with van der Waals surface area (Å²) < 4.78 is 0. The molecule has 2 atom stereocenters. The van der Waals surface area contributed by atoms with Gasteiger partial charge < -0.3 is 5.11 Å². The number of hydrogen-bond donors (Lipinski definition) is 1. The van der Waals surface area contributed by atoms with E-state index in [4.69, 9.17) is 0 Å². The van der Waals surface area contributed by atoms with Crippen molar-refractivity contribution in [3.8, 4) is 5.75 Å². The highest BCUT2D eigenvalue weighted by Crippen LogP contribution is 2.51. The molecule has 2 aromatic rings. The molecule has 0 aliphatic rings. The van der Waals surface area contributed by atoms with Crippen LogP contribution in [0.15, 0.2) is 41.4 Å². The highest BCUT2D eigenvalue weighted by molar-refractivity contribution is 7.48. The summed E-state index contributed by atoms with van der Waals surface area (Å²) in [5.41, 5.74) is 4.51. The van der Waals surface area contributed by atoms with Crippen molar-refractivity contribution < 1.29 is 5.11 Å². The van der Waals surface area contributed by atoms with Crippen LogP contribution in [-0.4, -0.2) is 18.4 Å². The molecule has 0 spiro atoms. The predicted molar refractivity (Wildman–Crippen MR) is 140 cm³/mol. The lowest BCUT2D eigenvalue weighted by atomic mass is 9.77. The number of phenols is 1. The van der Waals surface area contributed by atoms with Gasteiger partial charge >= 0.3 is 0 Å². The molecule has 0 aliphatic carbocycles. The Bertz CT molecular complexity index is 918. The van der Waals surface area contributed by atoms with Crippen LogP contribution in [0.3, 0.4) is 0 Å². The molecular formula is C28H42NOP. The number of benzene rings is 2. The number of nitrogens with zero attached hydrogens (tertiary/aromatic N) is 1. The first-order chi connectivity index (χ1) is 14.3. The molecule has 0 amide bonds. The Labute approximate surface area is 192 Å². The van der Waals surface area contributed by atoms with E-state index in [2.05, 4.69) is 96.8 Å². The fraction of sp³-hybridized carbons (Fsp3) is 0.536. The molecule has 0 fully saturated rings. The van der Waals surface area contributed by atoms with Crippen LogP contribution in [0.25, 0.3) is 0 Å². The number of rotatable bonds is 7. The van der Waals surface area contributed by atoms with Crippen LogP contribution in [0, 0.1) is 0 Å². The molecule has 0 bridgehead atoms. The van der Waals surface area contributed by atoms with Crippen molar-refractivity contribution in [3.05, 3.63) is 58.7 Å². The van der Waals surface area contributed by atoms with Gasteiger partial charge in [-0.15, -0.1) is 0 Å². The molecule has 31 heavy (non-hydrogen) atoms. The molecule has 0 radical (unpaired) electrons. The van der Waals surface area contributed by atoms with E-state index in [0.29, 0.717) is 14.3 Å². The lowest BCUT2D eigenvalue weighted by molar-refractivity contribution is 0.425. The van der Waals surface area contributed by atoms with Crippen LogP contribution in [-0.2, 0) is 16.0 Å². The van der Waals surface area contributed by atoms with E-state index < -0.39 is 0 Å². The van der Waals surface area contributed by atoms with Gasteiger partial charge in [0.1, 0.15) is 5.75 Å². The molecule has 2 nitrogen and oxygen atoms in total. The quantitative estimate of drug-likeness (QED) is 0.353. The maximum Gasteiger partial charge on any atom is 0.123 e. The van der Waals surface area contributed by atoms with Crippen molar-refractivity contribution in [2.45, 2.75) is 90.6 Å². The summed E-state index contributed by atoms with van der Waals surface area (Å²) >= 11 is 0. The predicted octanol–water partition coefficient (Wildman–Crippen LogP) is 7.45. The average molecular weight is 440 g/mol. The van der Waals surface area contributed by atoms with E-state index >= 15 is 0 Å². The molecule has 2 aromatic carbocycles. The van der Waals surface area contributed by atoms with Gasteiger partial charge in [-0.2, -0.15) is 0 Å². The molecule has 0 heterocycles. The maximum atomic E-state index is 11.6. The van der Waals surface area contributed by atoms with Crippen molar-refractivity contribution in [2.75, 3.05) is 7.05 Å². The Morgan fingerprint density at radius 3 is 2.10 bits per heavy atom. The Balaban J connectivity index is 2.75. The number of aromatic hydroxyl groups is 1. The van der Waals surface area contributed by atoms with Crippen LogP contribution >= 0.6 is 8.58 Å². The smallest absolute Gasteiger partial charge is 0.123 e. The summed E-state index contributed by atoms with van der Waals surface area (Å²) in [6.07, 6.45) is 5.28. The minimum atomic E-state index is -0.140. The first kappa shape index (κ1) is 25.6. The minimum absolute atomic E-state index is 0.0179. The van der Waals surface area contributed by atoms with Crippen LogP contribution in [0.4, 0.5) is 0 Å². The second-order valence-corrected chi connectivity index (χ2v) is 12.8. The number of aliphatic imine (C=N–C) groups is 1. The second kappa shape index (κ2) is 9.86. The molecule has 0 saturated heterocycles. The van der Waals surface area contributed by atoms with Crippen molar-refractivity contribution in [2.24, 2.45) is 4.99 Å². The van der Waals surface area contributed by atoms with Gasteiger partial charge in [0.05, 0.1) is 0 Å². The number of phenolic OH excluding ortho intramolecular Hbond substituents is 1. The fourth-order valence-electron chi connectivity index (χ4n) is 4.01. The second-order valence-electron chi connectivity index (χ2n) is 11.0. The summed E-state index contributed by atoms with van der Waals surface area (Å²) in [6.45, 7) is 17.9. The lowest BCUT2D eigenvalue weighted by Crippen LogP contribution is -2.25. The monoisotopic (exact) mass is 439 g/mol. The molecule has 2 unspecified atom stereocenters. The third kappa shape index (κ3) is 6.19. The number of unbranched alkanes of at least 4 members (excludes halogenated alkanes) is 1. The third-order valence-corrected chi connectivity index (χ3v) is 7.84. The summed E-state index contributed by atoms with van der Waals surface area (Å²) in [6, 6.07) is 13.0. The van der Waals surface area contributed by atoms with Crippen molar-refractivity contribution >= 4 is 20.1 Å². The summed E-state index contributed by atoms with van der Waals surface area (Å²) in [5.74, 6) is 0.480. The van der Waals surface area contributed by atoms with E-state index in [1.165, 1.54) is 16.4 Å². The molecule has 0 aromatic heterocycles. The zero-order chi connectivity index (χ0) is 23.4. The zero-order valence-corrected chi connectivity index (χ0v) is 22.1. The third-order valence-electron chi connectivity index (χ3n) is 6.05. The van der Waals surface area contributed by atoms with Crippen molar-refractivity contribution in [1.82, 2.24) is 0 Å². The van der Waals surface area contributed by atoms with Gasteiger partial charge in [-0.3, -0.25) is 4.99 Å². The molecule has 2 rings (SSSR count). The SMILES string of the molecule is CCCCC(C)(Pc1ccccc1/C=N/C)c1cc(C(C)(C)C)cc(C(C)(C)C)c1O. The summed E-state index contributed by atoms with van der Waals surface area (Å²) in [7, 11) is 2.37. The zero-order valence-electron chi connectivity index (χ0n) is 21.1. The highest BCUT2D eigenvalue weighted by atomic mass is 31.1. The van der Waals surface area contributed by atoms with Crippen LogP contribution in [0.2, 0.25) is 0 Å². The van der Waals surface area contributed by atoms with Gasteiger partial charge in [-0.25, -0.2) is 0 Å². The van der Waals surface area contributed by atoms with Crippen LogP contribution in [0.5, 0.6) is 5.75 Å². The fourth-order valence-corrected chi connectivity index (χ4v) is 5.71. The average Bonchev–Trinajstić information content (AvgIpc) is 2.66. The van der Waals surface area contributed by atoms with E-state index in [9.17, 15) is 5.11 Å². The van der Waals surface area contributed by atoms with Crippen LogP contribution in [0.1, 0.15) is 96.9 Å². The van der Waals surface area contributed by atoms with Crippen molar-refractivity contribution in [3.63, 3.8) is 0 Å². The molecule has 170 valence electrons. The van der Waals surface area contributed by atoms with E-state index in [0.717, 1.165) is 30.4 Å². The molecular weight excluding hydrogens is 397 g/mol. The maximum absolute atomic E-state index is 11.6. The van der Waals surface area contributed by atoms with Crippen molar-refractivity contribution in [1.29, 1.82) is 0 Å². The lowest BCUT2D eigenvalue weighted by Gasteiger charge is -2.36. The molecule has 3 heteroatoms.